The van der Waals surface area contributed by atoms with Crippen molar-refractivity contribution in [3.05, 3.63) is 139 Å². The molecule has 0 amide bonds. The number of fused-ring (bicyclic) bond motifs is 13. The second kappa shape index (κ2) is 8.90. The third-order valence-corrected chi connectivity index (χ3v) is 10.7. The molecule has 1 aliphatic rings. The normalized spacial score (nSPS) is 14.7. The standard InChI is InChI=1S/C41H24N2O2S/c1-2-10-25-23(9-1)21-30(41-42-31-13-5-7-15-33(31)45-41)37-28-18-17-24(22-34(28)44-40(25)37)43-32-14-6-3-11-26(32)27-19-20-36-38(39(27)43)29-12-4-8-16-35(29)46-36/h1-22,41-42H. The van der Waals surface area contributed by atoms with Crippen LogP contribution in [0.5, 0.6) is 5.75 Å². The summed E-state index contributed by atoms with van der Waals surface area (Å²) in [5.74, 6) is 0.863. The van der Waals surface area contributed by atoms with Gasteiger partial charge < -0.3 is 19.0 Å². The first-order valence-corrected chi connectivity index (χ1v) is 16.4. The minimum absolute atomic E-state index is 0.317. The number of furan rings is 1. The first-order chi connectivity index (χ1) is 22.8. The molecule has 5 heteroatoms. The third-order valence-electron chi connectivity index (χ3n) is 9.61. The summed E-state index contributed by atoms with van der Waals surface area (Å²) in [5, 5.41) is 13.1. The number of hydrogen-bond donors (Lipinski definition) is 1. The number of thiophene rings is 1. The summed E-state index contributed by atoms with van der Waals surface area (Å²) < 4.78 is 18.3. The fraction of sp³-hybridized carbons (Fsp3) is 0.0244. The lowest BCUT2D eigenvalue weighted by Crippen LogP contribution is -2.10. The molecule has 10 aromatic rings. The van der Waals surface area contributed by atoms with Gasteiger partial charge >= 0.3 is 0 Å². The lowest BCUT2D eigenvalue weighted by atomic mass is 9.99. The molecule has 1 aliphatic heterocycles. The summed E-state index contributed by atoms with van der Waals surface area (Å²) in [5.41, 5.74) is 7.31. The zero-order valence-corrected chi connectivity index (χ0v) is 25.3. The largest absolute Gasteiger partial charge is 0.464 e. The molecule has 0 radical (unpaired) electrons. The van der Waals surface area contributed by atoms with Crippen LogP contribution in [0.1, 0.15) is 11.8 Å². The van der Waals surface area contributed by atoms with Crippen molar-refractivity contribution in [1.82, 2.24) is 4.57 Å². The highest BCUT2D eigenvalue weighted by molar-refractivity contribution is 7.26. The number of aromatic nitrogens is 1. The van der Waals surface area contributed by atoms with Crippen LogP contribution in [0.3, 0.4) is 0 Å². The number of para-hydroxylation sites is 3. The van der Waals surface area contributed by atoms with Gasteiger partial charge in [0.1, 0.15) is 16.9 Å². The summed E-state index contributed by atoms with van der Waals surface area (Å²) in [6.45, 7) is 0. The van der Waals surface area contributed by atoms with E-state index < -0.39 is 0 Å². The fourth-order valence-corrected chi connectivity index (χ4v) is 8.75. The summed E-state index contributed by atoms with van der Waals surface area (Å²) in [4.78, 5) is 0. The predicted molar refractivity (Wildman–Crippen MR) is 192 cm³/mol. The second-order valence-electron chi connectivity index (χ2n) is 12.1. The van der Waals surface area contributed by atoms with E-state index in [0.29, 0.717) is 0 Å². The number of benzene rings is 7. The van der Waals surface area contributed by atoms with Crippen molar-refractivity contribution in [2.75, 3.05) is 5.32 Å². The molecular weight excluding hydrogens is 585 g/mol. The average molecular weight is 609 g/mol. The van der Waals surface area contributed by atoms with Crippen molar-refractivity contribution in [1.29, 1.82) is 0 Å². The van der Waals surface area contributed by atoms with Crippen LogP contribution in [0.25, 0.3) is 80.4 Å². The average Bonchev–Trinajstić information content (AvgIpc) is 3.87. The molecule has 216 valence electrons. The molecule has 46 heavy (non-hydrogen) atoms. The molecule has 1 N–H and O–H groups in total. The van der Waals surface area contributed by atoms with E-state index in [1.54, 1.807) is 0 Å². The molecule has 0 saturated carbocycles. The number of ether oxygens (including phenoxy) is 1. The molecule has 1 unspecified atom stereocenters. The summed E-state index contributed by atoms with van der Waals surface area (Å²) in [7, 11) is 0. The van der Waals surface area contributed by atoms with Gasteiger partial charge in [0.15, 0.2) is 6.23 Å². The number of rotatable bonds is 2. The Morgan fingerprint density at radius 2 is 1.39 bits per heavy atom. The summed E-state index contributed by atoms with van der Waals surface area (Å²) >= 11 is 1.86. The monoisotopic (exact) mass is 608 g/mol. The highest BCUT2D eigenvalue weighted by Crippen LogP contribution is 2.46. The van der Waals surface area contributed by atoms with Crippen LogP contribution in [0.2, 0.25) is 0 Å². The lowest BCUT2D eigenvalue weighted by Gasteiger charge is -2.14. The third kappa shape index (κ3) is 3.22. The number of nitrogens with zero attached hydrogens (tertiary/aromatic N) is 1. The molecule has 11 rings (SSSR count). The molecule has 0 aliphatic carbocycles. The molecule has 0 spiro atoms. The van der Waals surface area contributed by atoms with Gasteiger partial charge in [0.05, 0.1) is 16.7 Å². The van der Waals surface area contributed by atoms with Crippen molar-refractivity contribution in [2.45, 2.75) is 6.23 Å². The van der Waals surface area contributed by atoms with E-state index in [0.717, 1.165) is 55.4 Å². The van der Waals surface area contributed by atoms with Gasteiger partial charge in [-0.2, -0.15) is 0 Å². The Kier molecular flexibility index (Phi) is 4.75. The van der Waals surface area contributed by atoms with Gasteiger partial charge in [-0.3, -0.25) is 0 Å². The van der Waals surface area contributed by atoms with E-state index in [4.69, 9.17) is 9.15 Å². The lowest BCUT2D eigenvalue weighted by molar-refractivity contribution is 0.261. The Balaban J connectivity index is 1.21. The number of nitrogens with one attached hydrogen (secondary N) is 1. The quantitative estimate of drug-likeness (QED) is 0.212. The molecule has 7 aromatic carbocycles. The highest BCUT2D eigenvalue weighted by Gasteiger charge is 2.28. The molecule has 4 nitrogen and oxygen atoms in total. The SMILES string of the molecule is c1ccc2c(c1)NC(c1cc3ccccc3c3oc4cc(-n5c6ccccc6c6ccc7sc8ccccc8c7c65)ccc4c13)O2. The van der Waals surface area contributed by atoms with Crippen LogP contribution in [0.15, 0.2) is 138 Å². The van der Waals surface area contributed by atoms with Crippen molar-refractivity contribution >= 4 is 91.7 Å². The van der Waals surface area contributed by atoms with E-state index in [-0.39, 0.29) is 6.23 Å². The number of hydrogen-bond acceptors (Lipinski definition) is 4. The Bertz CT molecular complexity index is 2870. The van der Waals surface area contributed by atoms with Gasteiger partial charge in [-0.05, 0) is 53.9 Å². The minimum atomic E-state index is -0.317. The van der Waals surface area contributed by atoms with Gasteiger partial charge in [-0.25, -0.2) is 0 Å². The van der Waals surface area contributed by atoms with Gasteiger partial charge in [-0.1, -0.05) is 78.9 Å². The van der Waals surface area contributed by atoms with E-state index >= 15 is 0 Å². The Labute approximate surface area is 266 Å². The molecule has 1 atom stereocenters. The zero-order valence-electron chi connectivity index (χ0n) is 24.5. The van der Waals surface area contributed by atoms with Crippen LogP contribution in [-0.4, -0.2) is 4.57 Å². The van der Waals surface area contributed by atoms with Crippen molar-refractivity contribution in [3.63, 3.8) is 0 Å². The van der Waals surface area contributed by atoms with Gasteiger partial charge in [0.2, 0.25) is 0 Å². The highest BCUT2D eigenvalue weighted by atomic mass is 32.1. The summed E-state index contributed by atoms with van der Waals surface area (Å²) in [6, 6.07) is 47.5. The molecule has 0 bridgehead atoms. The number of anilines is 1. The Hall–Kier alpha value is -5.78. The van der Waals surface area contributed by atoms with Crippen LogP contribution in [-0.2, 0) is 0 Å². The van der Waals surface area contributed by atoms with Crippen LogP contribution >= 0.6 is 11.3 Å². The smallest absolute Gasteiger partial charge is 0.197 e. The second-order valence-corrected chi connectivity index (χ2v) is 13.2. The van der Waals surface area contributed by atoms with Gasteiger partial charge in [0.25, 0.3) is 0 Å². The Morgan fingerprint density at radius 3 is 2.33 bits per heavy atom. The maximum absolute atomic E-state index is 6.85. The van der Waals surface area contributed by atoms with Crippen LogP contribution in [0.4, 0.5) is 5.69 Å². The topological polar surface area (TPSA) is 39.3 Å². The van der Waals surface area contributed by atoms with E-state index in [1.165, 1.54) is 42.0 Å². The van der Waals surface area contributed by atoms with Crippen molar-refractivity contribution < 1.29 is 9.15 Å². The van der Waals surface area contributed by atoms with Crippen LogP contribution < -0.4 is 10.1 Å². The van der Waals surface area contributed by atoms with Crippen LogP contribution in [0, 0.1) is 0 Å². The molecule has 3 aromatic heterocycles. The zero-order chi connectivity index (χ0) is 29.9. The fourth-order valence-electron chi connectivity index (χ4n) is 7.64. The summed E-state index contributed by atoms with van der Waals surface area (Å²) in [6.07, 6.45) is -0.317. The maximum Gasteiger partial charge on any atom is 0.197 e. The molecule has 0 fully saturated rings. The van der Waals surface area contributed by atoms with Crippen molar-refractivity contribution in [3.8, 4) is 11.4 Å². The first kappa shape index (κ1) is 24.5. The van der Waals surface area contributed by atoms with E-state index in [9.17, 15) is 0 Å². The molecule has 4 heterocycles. The van der Waals surface area contributed by atoms with Gasteiger partial charge in [0, 0.05) is 64.4 Å². The van der Waals surface area contributed by atoms with Gasteiger partial charge in [-0.15, -0.1) is 11.3 Å². The van der Waals surface area contributed by atoms with E-state index in [1.807, 2.05) is 29.5 Å². The van der Waals surface area contributed by atoms with Crippen molar-refractivity contribution in [2.24, 2.45) is 0 Å². The first-order valence-electron chi connectivity index (χ1n) is 15.5. The molecular formula is C41H24N2O2S. The predicted octanol–water partition coefficient (Wildman–Crippen LogP) is 11.7. The Morgan fingerprint density at radius 1 is 0.609 bits per heavy atom. The maximum atomic E-state index is 6.85. The minimum Gasteiger partial charge on any atom is -0.464 e. The van der Waals surface area contributed by atoms with E-state index in [2.05, 4.69) is 125 Å². The molecule has 0 saturated heterocycles.